The number of hydrogen-bond acceptors (Lipinski definition) is 5. The van der Waals surface area contributed by atoms with Gasteiger partial charge in [0.2, 0.25) is 0 Å². The van der Waals surface area contributed by atoms with Crippen molar-refractivity contribution in [1.29, 1.82) is 0 Å². The Labute approximate surface area is 165 Å². The number of imidazole rings is 1. The fourth-order valence-corrected chi connectivity index (χ4v) is 3.70. The molecule has 28 heavy (non-hydrogen) atoms. The summed E-state index contributed by atoms with van der Waals surface area (Å²) in [4.78, 5) is 34.8. The monoisotopic (exact) mass is 379 g/mol. The van der Waals surface area contributed by atoms with Crippen molar-refractivity contribution in [3.8, 4) is 0 Å². The number of aryl methyl sites for hydroxylation is 1. The van der Waals surface area contributed by atoms with Crippen LogP contribution in [0.1, 0.15) is 48.5 Å². The predicted molar refractivity (Wildman–Crippen MR) is 107 cm³/mol. The molecule has 1 aromatic carbocycles. The van der Waals surface area contributed by atoms with Crippen LogP contribution in [0.25, 0.3) is 0 Å². The molecule has 6 nitrogen and oxygen atoms in total. The number of methoxy groups -OCH3 is 1. The number of ether oxygens (including phenoxy) is 1. The topological polar surface area (TPSA) is 73.5 Å². The molecule has 2 atom stereocenters. The molecule has 0 aliphatic carbocycles. The van der Waals surface area contributed by atoms with Gasteiger partial charge in [-0.05, 0) is 25.8 Å². The highest BCUT2D eigenvalue weighted by Gasteiger charge is 2.42. The van der Waals surface area contributed by atoms with Crippen LogP contribution in [0, 0.1) is 12.8 Å². The SMILES string of the molecule is CCCC1=C(C(=O)n2ccnc2)C(c2ccc(C)cc2)C(C(=O)OC)C(C)=N1. The maximum Gasteiger partial charge on any atom is 0.315 e. The smallest absolute Gasteiger partial charge is 0.315 e. The number of aromatic nitrogens is 2. The maximum absolute atomic E-state index is 13.4. The van der Waals surface area contributed by atoms with Gasteiger partial charge in [0.25, 0.3) is 5.91 Å². The standard InChI is InChI=1S/C22H25N3O3/c1-5-6-17-20(21(26)25-12-11-23-13-25)19(16-9-7-14(2)8-10-16)18(15(3)24-17)22(27)28-4/h7-13,18-19H,5-6H2,1-4H3. The normalized spacial score (nSPS) is 19.4. The molecule has 0 spiro atoms. The number of aliphatic imine (C=N–C) groups is 1. The zero-order valence-corrected chi connectivity index (χ0v) is 16.7. The Morgan fingerprint density at radius 1 is 1.18 bits per heavy atom. The van der Waals surface area contributed by atoms with Gasteiger partial charge in [-0.3, -0.25) is 19.1 Å². The largest absolute Gasteiger partial charge is 0.468 e. The molecule has 1 aliphatic rings. The summed E-state index contributed by atoms with van der Waals surface area (Å²) in [5.41, 5.74) is 3.93. The van der Waals surface area contributed by atoms with Gasteiger partial charge in [0.05, 0.1) is 7.11 Å². The average molecular weight is 379 g/mol. The van der Waals surface area contributed by atoms with E-state index in [0.29, 0.717) is 17.7 Å². The summed E-state index contributed by atoms with van der Waals surface area (Å²) in [7, 11) is 1.37. The highest BCUT2D eigenvalue weighted by atomic mass is 16.5. The van der Waals surface area contributed by atoms with Crippen molar-refractivity contribution in [3.05, 3.63) is 65.4 Å². The number of rotatable bonds is 5. The molecule has 1 aromatic heterocycles. The third kappa shape index (κ3) is 3.67. The van der Waals surface area contributed by atoms with E-state index in [2.05, 4.69) is 9.98 Å². The van der Waals surface area contributed by atoms with Gasteiger partial charge in [-0.15, -0.1) is 0 Å². The van der Waals surface area contributed by atoms with Crippen LogP contribution in [0.3, 0.4) is 0 Å². The minimum absolute atomic E-state index is 0.211. The maximum atomic E-state index is 13.4. The number of allylic oxidation sites excluding steroid dienone is 2. The molecule has 0 saturated heterocycles. The third-order valence-corrected chi connectivity index (χ3v) is 5.06. The quantitative estimate of drug-likeness (QED) is 0.738. The van der Waals surface area contributed by atoms with Crippen molar-refractivity contribution in [2.45, 2.75) is 39.5 Å². The molecular weight excluding hydrogens is 354 g/mol. The van der Waals surface area contributed by atoms with Crippen molar-refractivity contribution in [2.24, 2.45) is 10.9 Å². The second kappa shape index (κ2) is 8.33. The lowest BCUT2D eigenvalue weighted by atomic mass is 9.74. The van der Waals surface area contributed by atoms with Gasteiger partial charge in [0.1, 0.15) is 12.2 Å². The van der Waals surface area contributed by atoms with E-state index < -0.39 is 17.8 Å². The first-order chi connectivity index (χ1) is 13.5. The van der Waals surface area contributed by atoms with Gasteiger partial charge >= 0.3 is 5.97 Å². The summed E-state index contributed by atoms with van der Waals surface area (Å²) < 4.78 is 6.52. The second-order valence-corrected chi connectivity index (χ2v) is 7.03. The molecule has 2 aromatic rings. The molecular formula is C22H25N3O3. The Hall–Kier alpha value is -3.02. The first-order valence-corrected chi connectivity index (χ1v) is 9.43. The highest BCUT2D eigenvalue weighted by molar-refractivity contribution is 6.08. The minimum atomic E-state index is -0.643. The van der Waals surface area contributed by atoms with Crippen molar-refractivity contribution in [1.82, 2.24) is 9.55 Å². The lowest BCUT2D eigenvalue weighted by Crippen LogP contribution is -2.37. The van der Waals surface area contributed by atoms with E-state index in [1.165, 1.54) is 18.0 Å². The number of nitrogens with zero attached hydrogens (tertiary/aromatic N) is 3. The first-order valence-electron chi connectivity index (χ1n) is 9.43. The lowest BCUT2D eigenvalue weighted by molar-refractivity contribution is -0.143. The van der Waals surface area contributed by atoms with E-state index in [4.69, 9.17) is 4.74 Å². The number of benzene rings is 1. The number of hydrogen-bond donors (Lipinski definition) is 0. The Morgan fingerprint density at radius 2 is 1.89 bits per heavy atom. The Morgan fingerprint density at radius 3 is 2.46 bits per heavy atom. The van der Waals surface area contributed by atoms with Gasteiger partial charge < -0.3 is 4.74 Å². The third-order valence-electron chi connectivity index (χ3n) is 5.06. The van der Waals surface area contributed by atoms with Crippen molar-refractivity contribution >= 4 is 17.6 Å². The van der Waals surface area contributed by atoms with Gasteiger partial charge in [0, 0.05) is 35.3 Å². The molecule has 2 unspecified atom stereocenters. The van der Waals surface area contributed by atoms with Crippen LogP contribution < -0.4 is 0 Å². The van der Waals surface area contributed by atoms with E-state index >= 15 is 0 Å². The fraction of sp³-hybridized carbons (Fsp3) is 0.364. The van der Waals surface area contributed by atoms with Crippen molar-refractivity contribution in [3.63, 3.8) is 0 Å². The van der Waals surface area contributed by atoms with Crippen LogP contribution in [0.4, 0.5) is 0 Å². The average Bonchev–Trinajstić information content (AvgIpc) is 3.22. The van der Waals surface area contributed by atoms with Crippen LogP contribution in [0.2, 0.25) is 0 Å². The van der Waals surface area contributed by atoms with Crippen LogP contribution in [-0.4, -0.2) is 34.2 Å². The van der Waals surface area contributed by atoms with Crippen LogP contribution in [-0.2, 0) is 9.53 Å². The van der Waals surface area contributed by atoms with Gasteiger partial charge in [0.15, 0.2) is 0 Å². The number of esters is 1. The summed E-state index contributed by atoms with van der Waals surface area (Å²) in [5, 5.41) is 0. The molecule has 3 rings (SSSR count). The molecule has 0 amide bonds. The molecule has 0 N–H and O–H groups in total. The van der Waals surface area contributed by atoms with Crippen molar-refractivity contribution < 1.29 is 14.3 Å². The Balaban J connectivity index is 2.24. The van der Waals surface area contributed by atoms with Crippen LogP contribution in [0.5, 0.6) is 0 Å². The lowest BCUT2D eigenvalue weighted by Gasteiger charge is -2.32. The zero-order chi connectivity index (χ0) is 20.3. The molecule has 2 heterocycles. The predicted octanol–water partition coefficient (Wildman–Crippen LogP) is 3.93. The molecule has 0 bridgehead atoms. The van der Waals surface area contributed by atoms with Gasteiger partial charge in [-0.1, -0.05) is 43.2 Å². The Kier molecular flexibility index (Phi) is 5.87. The highest BCUT2D eigenvalue weighted by Crippen LogP contribution is 2.41. The van der Waals surface area contributed by atoms with Crippen LogP contribution in [0.15, 0.2) is 59.2 Å². The van der Waals surface area contributed by atoms with Gasteiger partial charge in [-0.25, -0.2) is 4.98 Å². The van der Waals surface area contributed by atoms with E-state index in [1.807, 2.05) is 45.0 Å². The number of carbonyl (C=O) groups is 2. The van der Waals surface area contributed by atoms with E-state index in [9.17, 15) is 9.59 Å². The second-order valence-electron chi connectivity index (χ2n) is 7.03. The summed E-state index contributed by atoms with van der Waals surface area (Å²) in [5.74, 6) is -1.70. The Bertz CT molecular complexity index is 924. The minimum Gasteiger partial charge on any atom is -0.468 e. The zero-order valence-electron chi connectivity index (χ0n) is 16.7. The number of carbonyl (C=O) groups excluding carboxylic acids is 2. The van der Waals surface area contributed by atoms with Crippen molar-refractivity contribution in [2.75, 3.05) is 7.11 Å². The van der Waals surface area contributed by atoms with Gasteiger partial charge in [-0.2, -0.15) is 0 Å². The molecule has 0 saturated carbocycles. The van der Waals surface area contributed by atoms with E-state index in [-0.39, 0.29) is 5.91 Å². The van der Waals surface area contributed by atoms with E-state index in [1.54, 1.807) is 12.4 Å². The molecule has 6 heteroatoms. The molecule has 0 fully saturated rings. The first kappa shape index (κ1) is 19.7. The molecule has 146 valence electrons. The summed E-state index contributed by atoms with van der Waals surface area (Å²) >= 11 is 0. The fourth-order valence-electron chi connectivity index (χ4n) is 3.70. The van der Waals surface area contributed by atoms with E-state index in [0.717, 1.165) is 23.2 Å². The molecule has 1 aliphatic heterocycles. The summed E-state index contributed by atoms with van der Waals surface area (Å²) in [6, 6.07) is 7.92. The summed E-state index contributed by atoms with van der Waals surface area (Å²) in [6.45, 7) is 5.88. The summed E-state index contributed by atoms with van der Waals surface area (Å²) in [6.07, 6.45) is 6.15. The molecule has 0 radical (unpaired) electrons. The van der Waals surface area contributed by atoms with Crippen LogP contribution >= 0.6 is 0 Å².